The van der Waals surface area contributed by atoms with Crippen LogP contribution >= 0.6 is 0 Å². The van der Waals surface area contributed by atoms with Crippen molar-refractivity contribution in [1.82, 2.24) is 25.3 Å². The van der Waals surface area contributed by atoms with Crippen LogP contribution in [0.4, 0.5) is 10.6 Å². The van der Waals surface area contributed by atoms with Crippen molar-refractivity contribution in [2.75, 3.05) is 5.32 Å². The van der Waals surface area contributed by atoms with Crippen LogP contribution in [0.2, 0.25) is 0 Å². The molecule has 2 aromatic heterocycles. The summed E-state index contributed by atoms with van der Waals surface area (Å²) in [5.74, 6) is 3.61. The zero-order valence-electron chi connectivity index (χ0n) is 14.9. The first-order valence-electron chi connectivity index (χ1n) is 9.54. The normalized spacial score (nSPS) is 31.8. The van der Waals surface area contributed by atoms with Gasteiger partial charge in [-0.05, 0) is 67.9 Å². The summed E-state index contributed by atoms with van der Waals surface area (Å²) in [4.78, 5) is 12.5. The van der Waals surface area contributed by atoms with Crippen LogP contribution in [0.15, 0.2) is 24.5 Å². The van der Waals surface area contributed by atoms with Crippen molar-refractivity contribution >= 4 is 11.8 Å². The minimum atomic E-state index is -0.161. The molecule has 4 fully saturated rings. The Morgan fingerprint density at radius 3 is 2.38 bits per heavy atom. The van der Waals surface area contributed by atoms with E-state index in [4.69, 9.17) is 0 Å². The van der Waals surface area contributed by atoms with E-state index >= 15 is 0 Å². The quantitative estimate of drug-likeness (QED) is 0.889. The maximum Gasteiger partial charge on any atom is 0.320 e. The molecule has 0 unspecified atom stereocenters. The molecule has 0 atom stereocenters. The molecule has 4 aliphatic rings. The number of nitrogens with one attached hydrogen (secondary N) is 2. The first kappa shape index (κ1) is 15.8. The molecule has 136 valence electrons. The highest BCUT2D eigenvalue weighted by molar-refractivity contribution is 5.88. The standard InChI is InChI=1S/C19H24N6O/c1-25-10-15(9-20-25)16-2-3-17(24-23-16)21-19(26)22-18-13-5-11-4-12(7-13)8-14(18)6-11/h2-3,9-14,18H,4-8H2,1H3,(H2,21,22,24,26). The van der Waals surface area contributed by atoms with Crippen LogP contribution in [0.5, 0.6) is 0 Å². The third kappa shape index (κ3) is 2.85. The number of amides is 2. The van der Waals surface area contributed by atoms with Crippen molar-refractivity contribution in [3.8, 4) is 11.3 Å². The number of carbonyl (C=O) groups excluding carboxylic acids is 1. The van der Waals surface area contributed by atoms with E-state index in [1.807, 2.05) is 19.3 Å². The largest absolute Gasteiger partial charge is 0.335 e. The molecule has 2 heterocycles. The van der Waals surface area contributed by atoms with Gasteiger partial charge in [0.1, 0.15) is 0 Å². The fraction of sp³-hybridized carbons (Fsp3) is 0.579. The van der Waals surface area contributed by atoms with Gasteiger partial charge >= 0.3 is 6.03 Å². The molecule has 4 aliphatic carbocycles. The van der Waals surface area contributed by atoms with Gasteiger partial charge in [-0.2, -0.15) is 5.10 Å². The van der Waals surface area contributed by atoms with E-state index in [2.05, 4.69) is 25.9 Å². The summed E-state index contributed by atoms with van der Waals surface area (Å²) in [6, 6.07) is 3.80. The average Bonchev–Trinajstić information content (AvgIpc) is 3.04. The first-order chi connectivity index (χ1) is 12.6. The minimum absolute atomic E-state index is 0.161. The lowest BCUT2D eigenvalue weighted by atomic mass is 9.54. The topological polar surface area (TPSA) is 84.7 Å². The molecule has 6 rings (SSSR count). The fourth-order valence-electron chi connectivity index (χ4n) is 5.57. The van der Waals surface area contributed by atoms with Crippen LogP contribution in [0, 0.1) is 23.7 Å². The van der Waals surface area contributed by atoms with E-state index in [1.165, 1.54) is 32.1 Å². The van der Waals surface area contributed by atoms with Gasteiger partial charge in [0.2, 0.25) is 0 Å². The molecular formula is C19H24N6O. The van der Waals surface area contributed by atoms with Crippen molar-refractivity contribution in [3.63, 3.8) is 0 Å². The van der Waals surface area contributed by atoms with Crippen LogP contribution in [0.1, 0.15) is 32.1 Å². The summed E-state index contributed by atoms with van der Waals surface area (Å²) in [5, 5.41) is 18.5. The van der Waals surface area contributed by atoms with Crippen molar-refractivity contribution in [3.05, 3.63) is 24.5 Å². The van der Waals surface area contributed by atoms with Crippen molar-refractivity contribution < 1.29 is 4.79 Å². The van der Waals surface area contributed by atoms with Crippen LogP contribution in [-0.4, -0.2) is 32.1 Å². The lowest BCUT2D eigenvalue weighted by Gasteiger charge is -2.54. The van der Waals surface area contributed by atoms with Crippen LogP contribution < -0.4 is 10.6 Å². The number of aromatic nitrogens is 4. The predicted molar refractivity (Wildman–Crippen MR) is 97.2 cm³/mol. The Labute approximate surface area is 152 Å². The Hall–Kier alpha value is -2.44. The van der Waals surface area contributed by atoms with Gasteiger partial charge in [-0.25, -0.2) is 4.79 Å². The number of hydrogen-bond donors (Lipinski definition) is 2. The van der Waals surface area contributed by atoms with Gasteiger partial charge < -0.3 is 5.32 Å². The highest BCUT2D eigenvalue weighted by Crippen LogP contribution is 2.53. The summed E-state index contributed by atoms with van der Waals surface area (Å²) in [7, 11) is 1.86. The van der Waals surface area contributed by atoms with Gasteiger partial charge in [-0.15, -0.1) is 10.2 Å². The van der Waals surface area contributed by atoms with E-state index in [9.17, 15) is 4.79 Å². The number of aryl methyl sites for hydroxylation is 1. The van der Waals surface area contributed by atoms with Crippen LogP contribution in [0.3, 0.4) is 0 Å². The summed E-state index contributed by atoms with van der Waals surface area (Å²) < 4.78 is 1.72. The Bertz CT molecular complexity index is 786. The summed E-state index contributed by atoms with van der Waals surface area (Å²) in [6.45, 7) is 0. The summed E-state index contributed by atoms with van der Waals surface area (Å²) >= 11 is 0. The van der Waals surface area contributed by atoms with E-state index in [-0.39, 0.29) is 6.03 Å². The number of anilines is 1. The second kappa shape index (κ2) is 6.07. The molecule has 0 spiro atoms. The summed E-state index contributed by atoms with van der Waals surface area (Å²) in [6.07, 6.45) is 10.2. The van der Waals surface area contributed by atoms with Crippen molar-refractivity contribution in [1.29, 1.82) is 0 Å². The maximum absolute atomic E-state index is 12.5. The van der Waals surface area contributed by atoms with E-state index in [0.717, 1.165) is 23.1 Å². The van der Waals surface area contributed by atoms with Gasteiger partial charge in [0.25, 0.3) is 0 Å². The molecule has 0 aliphatic heterocycles. The maximum atomic E-state index is 12.5. The van der Waals surface area contributed by atoms with Crippen LogP contribution in [0.25, 0.3) is 11.3 Å². The molecule has 26 heavy (non-hydrogen) atoms. The summed E-state index contributed by atoms with van der Waals surface area (Å²) in [5.41, 5.74) is 1.65. The number of rotatable bonds is 3. The zero-order valence-corrected chi connectivity index (χ0v) is 14.9. The van der Waals surface area contributed by atoms with Gasteiger partial charge in [-0.1, -0.05) is 0 Å². The Balaban J connectivity index is 1.22. The average molecular weight is 352 g/mol. The van der Waals surface area contributed by atoms with Crippen molar-refractivity contribution in [2.45, 2.75) is 38.1 Å². The number of hydrogen-bond acceptors (Lipinski definition) is 4. The highest BCUT2D eigenvalue weighted by atomic mass is 16.2. The molecule has 2 amide bonds. The Morgan fingerprint density at radius 1 is 1.08 bits per heavy atom. The third-order valence-electron chi connectivity index (χ3n) is 6.43. The highest BCUT2D eigenvalue weighted by Gasteiger charge is 2.48. The van der Waals surface area contributed by atoms with E-state index in [1.54, 1.807) is 16.9 Å². The van der Waals surface area contributed by atoms with Gasteiger partial charge in [0.05, 0.1) is 11.9 Å². The predicted octanol–water partition coefficient (Wildman–Crippen LogP) is 2.82. The number of urea groups is 1. The molecule has 7 nitrogen and oxygen atoms in total. The Kier molecular flexibility index (Phi) is 3.69. The van der Waals surface area contributed by atoms with E-state index < -0.39 is 0 Å². The molecular weight excluding hydrogens is 328 g/mol. The van der Waals surface area contributed by atoms with Crippen molar-refractivity contribution in [2.24, 2.45) is 30.7 Å². The Morgan fingerprint density at radius 2 is 1.81 bits per heavy atom. The SMILES string of the molecule is Cn1cc(-c2ccc(NC(=O)NC3C4CC5CC(C4)CC3C5)nn2)cn1. The molecule has 0 radical (unpaired) electrons. The first-order valence-corrected chi connectivity index (χ1v) is 9.54. The molecule has 4 bridgehead atoms. The second-order valence-corrected chi connectivity index (χ2v) is 8.26. The third-order valence-corrected chi connectivity index (χ3v) is 6.43. The lowest BCUT2D eigenvalue weighted by Crippen LogP contribution is -2.56. The monoisotopic (exact) mass is 352 g/mol. The molecule has 2 N–H and O–H groups in total. The smallest absolute Gasteiger partial charge is 0.320 e. The van der Waals surface area contributed by atoms with Gasteiger partial charge in [0.15, 0.2) is 5.82 Å². The number of carbonyl (C=O) groups is 1. The molecule has 2 aromatic rings. The minimum Gasteiger partial charge on any atom is -0.335 e. The van der Waals surface area contributed by atoms with Crippen LogP contribution in [-0.2, 0) is 7.05 Å². The lowest BCUT2D eigenvalue weighted by molar-refractivity contribution is -0.00883. The van der Waals surface area contributed by atoms with Gasteiger partial charge in [0, 0.05) is 24.8 Å². The van der Waals surface area contributed by atoms with E-state index in [0.29, 0.717) is 23.7 Å². The fourth-order valence-corrected chi connectivity index (χ4v) is 5.57. The molecule has 0 aromatic carbocycles. The second-order valence-electron chi connectivity index (χ2n) is 8.26. The molecule has 7 heteroatoms. The zero-order chi connectivity index (χ0) is 17.7. The molecule has 4 saturated carbocycles. The molecule has 0 saturated heterocycles. The van der Waals surface area contributed by atoms with Gasteiger partial charge in [-0.3, -0.25) is 10.00 Å². The number of nitrogens with zero attached hydrogens (tertiary/aromatic N) is 4.